The quantitative estimate of drug-likeness (QED) is 0.593. The van der Waals surface area contributed by atoms with E-state index >= 15 is 0 Å². The van der Waals surface area contributed by atoms with Crippen molar-refractivity contribution in [1.29, 1.82) is 0 Å². The topological polar surface area (TPSA) is 52.6 Å². The second-order valence-electron chi connectivity index (χ2n) is 3.14. The zero-order chi connectivity index (χ0) is 12.7. The van der Waals surface area contributed by atoms with Gasteiger partial charge in [-0.25, -0.2) is 0 Å². The van der Waals surface area contributed by atoms with E-state index in [9.17, 15) is 9.36 Å². The molecule has 0 heterocycles. The van der Waals surface area contributed by atoms with Crippen LogP contribution in [0.3, 0.4) is 0 Å². The molecule has 0 fully saturated rings. The maximum Gasteiger partial charge on any atom is 0.380 e. The smallest absolute Gasteiger partial charge is 0.380 e. The minimum Gasteiger partial charge on any atom is -0.461 e. The fourth-order valence-corrected chi connectivity index (χ4v) is 1.76. The summed E-state index contributed by atoms with van der Waals surface area (Å²) in [5.41, 5.74) is 0.891. The van der Waals surface area contributed by atoms with E-state index in [0.717, 1.165) is 5.56 Å². The molecule has 0 unspecified atom stereocenters. The van der Waals surface area contributed by atoms with Gasteiger partial charge in [0.2, 0.25) is 0 Å². The van der Waals surface area contributed by atoms with E-state index in [1.807, 2.05) is 30.3 Å². The molecule has 94 valence electrons. The largest absolute Gasteiger partial charge is 0.461 e. The molecule has 0 saturated heterocycles. The molecular weight excluding hydrogens is 286 g/mol. The summed E-state index contributed by atoms with van der Waals surface area (Å²) in [4.78, 5) is 11.2. The molecule has 0 aliphatic carbocycles. The van der Waals surface area contributed by atoms with E-state index in [-0.39, 0.29) is 19.6 Å². The van der Waals surface area contributed by atoms with Crippen LogP contribution in [-0.4, -0.2) is 12.6 Å². The summed E-state index contributed by atoms with van der Waals surface area (Å²) < 4.78 is 20.2. The first kappa shape index (κ1) is 14.5. The first-order valence-electron chi connectivity index (χ1n) is 4.81. The molecule has 0 aliphatic rings. The standard InChI is InChI=1S/C10H11Cl2O4P/c11-17(12,14)16-7-6-10(13)15-8-9-4-2-1-3-5-9/h1-5H,6-8H2. The van der Waals surface area contributed by atoms with Crippen LogP contribution < -0.4 is 0 Å². The second kappa shape index (κ2) is 7.02. The minimum absolute atomic E-state index is 0.0454. The van der Waals surface area contributed by atoms with Crippen molar-refractivity contribution >= 4 is 34.5 Å². The summed E-state index contributed by atoms with van der Waals surface area (Å²) in [6.45, 7) is 0.0665. The molecule has 1 aromatic rings. The van der Waals surface area contributed by atoms with Crippen LogP contribution >= 0.6 is 28.6 Å². The highest BCUT2D eigenvalue weighted by Crippen LogP contribution is 2.57. The number of ether oxygens (including phenoxy) is 1. The van der Waals surface area contributed by atoms with Gasteiger partial charge in [0, 0.05) is 0 Å². The second-order valence-corrected chi connectivity index (χ2v) is 7.42. The Labute approximate surface area is 109 Å². The SMILES string of the molecule is O=C(CCOP(=O)(Cl)Cl)OCc1ccccc1. The van der Waals surface area contributed by atoms with E-state index in [0.29, 0.717) is 0 Å². The number of rotatable bonds is 6. The first-order valence-corrected chi connectivity index (χ1v) is 8.24. The van der Waals surface area contributed by atoms with Gasteiger partial charge in [0.1, 0.15) is 6.61 Å². The maximum absolute atomic E-state index is 11.2. The normalized spacial score (nSPS) is 11.2. The average molecular weight is 297 g/mol. The Balaban J connectivity index is 2.20. The molecule has 17 heavy (non-hydrogen) atoms. The number of hydrogen-bond acceptors (Lipinski definition) is 4. The number of esters is 1. The van der Waals surface area contributed by atoms with Gasteiger partial charge in [-0.3, -0.25) is 9.36 Å². The van der Waals surface area contributed by atoms with E-state index in [2.05, 4.69) is 4.52 Å². The molecular formula is C10H11Cl2O4P. The summed E-state index contributed by atoms with van der Waals surface area (Å²) >= 11 is 10.3. The minimum atomic E-state index is -3.56. The number of carbonyl (C=O) groups excluding carboxylic acids is 1. The van der Waals surface area contributed by atoms with Gasteiger partial charge in [0.25, 0.3) is 0 Å². The molecule has 1 aromatic carbocycles. The number of hydrogen-bond donors (Lipinski definition) is 0. The van der Waals surface area contributed by atoms with Gasteiger partial charge in [-0.05, 0) is 28.0 Å². The van der Waals surface area contributed by atoms with Gasteiger partial charge in [0.05, 0.1) is 13.0 Å². The molecule has 0 aromatic heterocycles. The van der Waals surface area contributed by atoms with Crippen LogP contribution in [-0.2, 0) is 25.2 Å². The molecule has 0 aliphatic heterocycles. The average Bonchev–Trinajstić information content (AvgIpc) is 2.26. The van der Waals surface area contributed by atoms with Crippen LogP contribution in [0, 0.1) is 0 Å². The Hall–Kier alpha value is -0.540. The van der Waals surface area contributed by atoms with Gasteiger partial charge in [-0.15, -0.1) is 0 Å². The predicted octanol–water partition coefficient (Wildman–Crippen LogP) is 3.72. The molecule has 0 bridgehead atoms. The van der Waals surface area contributed by atoms with Crippen molar-refractivity contribution in [1.82, 2.24) is 0 Å². The Morgan fingerprint density at radius 3 is 2.47 bits per heavy atom. The van der Waals surface area contributed by atoms with Crippen LogP contribution in [0.2, 0.25) is 0 Å². The summed E-state index contributed by atoms with van der Waals surface area (Å²) in [6, 6.07) is 9.26. The monoisotopic (exact) mass is 296 g/mol. The van der Waals surface area contributed by atoms with Crippen molar-refractivity contribution in [3.63, 3.8) is 0 Å². The summed E-state index contributed by atoms with van der Waals surface area (Å²) in [7, 11) is 0. The summed E-state index contributed by atoms with van der Waals surface area (Å²) in [6.07, 6.45) is -3.61. The molecule has 4 nitrogen and oxygen atoms in total. The number of halogens is 2. The van der Waals surface area contributed by atoms with Crippen molar-refractivity contribution in [3.05, 3.63) is 35.9 Å². The molecule has 1 rings (SSSR count). The third-order valence-electron chi connectivity index (χ3n) is 1.79. The Morgan fingerprint density at radius 2 is 1.88 bits per heavy atom. The van der Waals surface area contributed by atoms with Crippen molar-refractivity contribution in [2.45, 2.75) is 13.0 Å². The van der Waals surface area contributed by atoms with Crippen LogP contribution in [0.4, 0.5) is 0 Å². The Morgan fingerprint density at radius 1 is 1.24 bits per heavy atom. The van der Waals surface area contributed by atoms with E-state index in [1.165, 1.54) is 0 Å². The van der Waals surface area contributed by atoms with Gasteiger partial charge in [-0.1, -0.05) is 30.3 Å². The summed E-state index contributed by atoms with van der Waals surface area (Å²) in [5.74, 6) is -0.462. The zero-order valence-electron chi connectivity index (χ0n) is 8.84. The summed E-state index contributed by atoms with van der Waals surface area (Å²) in [5, 5.41) is 0. The third-order valence-corrected chi connectivity index (χ3v) is 2.86. The lowest BCUT2D eigenvalue weighted by Crippen LogP contribution is -2.07. The number of carbonyl (C=O) groups is 1. The van der Waals surface area contributed by atoms with E-state index in [1.54, 1.807) is 0 Å². The Bertz CT molecular complexity index is 404. The van der Waals surface area contributed by atoms with Crippen LogP contribution in [0.15, 0.2) is 30.3 Å². The van der Waals surface area contributed by atoms with Crippen LogP contribution in [0.5, 0.6) is 0 Å². The van der Waals surface area contributed by atoms with E-state index < -0.39 is 12.0 Å². The predicted molar refractivity (Wildman–Crippen MR) is 66.1 cm³/mol. The molecule has 0 amide bonds. The van der Waals surface area contributed by atoms with E-state index in [4.69, 9.17) is 27.2 Å². The highest BCUT2D eigenvalue weighted by atomic mass is 35.9. The lowest BCUT2D eigenvalue weighted by Gasteiger charge is -2.05. The van der Waals surface area contributed by atoms with Crippen molar-refractivity contribution in [2.75, 3.05) is 6.61 Å². The molecule has 0 radical (unpaired) electrons. The zero-order valence-corrected chi connectivity index (χ0v) is 11.3. The maximum atomic E-state index is 11.2. The highest BCUT2D eigenvalue weighted by Gasteiger charge is 2.15. The molecule has 7 heteroatoms. The molecule has 0 N–H and O–H groups in total. The molecule has 0 saturated carbocycles. The lowest BCUT2D eigenvalue weighted by atomic mass is 10.2. The number of benzene rings is 1. The van der Waals surface area contributed by atoms with Crippen molar-refractivity contribution in [3.8, 4) is 0 Å². The van der Waals surface area contributed by atoms with Gasteiger partial charge in [0.15, 0.2) is 0 Å². The van der Waals surface area contributed by atoms with Crippen LogP contribution in [0.1, 0.15) is 12.0 Å². The van der Waals surface area contributed by atoms with Gasteiger partial charge >= 0.3 is 12.0 Å². The van der Waals surface area contributed by atoms with Gasteiger partial charge < -0.3 is 9.26 Å². The fourth-order valence-electron chi connectivity index (χ4n) is 1.05. The van der Waals surface area contributed by atoms with Crippen molar-refractivity contribution in [2.24, 2.45) is 0 Å². The van der Waals surface area contributed by atoms with Crippen LogP contribution in [0.25, 0.3) is 0 Å². The van der Waals surface area contributed by atoms with Gasteiger partial charge in [-0.2, -0.15) is 0 Å². The third kappa shape index (κ3) is 7.40. The Kier molecular flexibility index (Phi) is 6.00. The molecule has 0 spiro atoms. The first-order chi connectivity index (χ1) is 7.97. The highest BCUT2D eigenvalue weighted by molar-refractivity contribution is 8.05. The fraction of sp³-hybridized carbons (Fsp3) is 0.300. The molecule has 0 atom stereocenters. The lowest BCUT2D eigenvalue weighted by molar-refractivity contribution is -0.145. The van der Waals surface area contributed by atoms with Crippen molar-refractivity contribution < 1.29 is 18.6 Å².